The van der Waals surface area contributed by atoms with Crippen LogP contribution in [0.15, 0.2) is 35.5 Å². The van der Waals surface area contributed by atoms with Crippen LogP contribution in [-0.2, 0) is 4.84 Å². The van der Waals surface area contributed by atoms with Crippen LogP contribution < -0.4 is 14.2 Å². The number of halogens is 1. The molecule has 1 aromatic heterocycles. The molecule has 0 bridgehead atoms. The van der Waals surface area contributed by atoms with Gasteiger partial charge in [0.15, 0.2) is 17.6 Å². The molecule has 0 amide bonds. The van der Waals surface area contributed by atoms with E-state index in [2.05, 4.69) is 21.0 Å². The highest BCUT2D eigenvalue weighted by molar-refractivity contribution is 6.30. The monoisotopic (exact) mass is 469 g/mol. The number of H-pyrrole nitrogens is 1. The topological polar surface area (TPSA) is 68.3 Å². The molecule has 0 saturated heterocycles. The van der Waals surface area contributed by atoms with Gasteiger partial charge in [-0.25, -0.2) is 0 Å². The van der Waals surface area contributed by atoms with E-state index in [1.54, 1.807) is 21.1 Å². The molecule has 0 radical (unpaired) electrons. The minimum atomic E-state index is -0.453. The SMILES string of the molecule is C#C[C@@H](C)O/N=C1/c2cc(OC)c(OC)cc2-c2[nH]c3ccc(OCCN(C)C)cc3c21.Cl. The molecule has 1 N–H and O–H groups in total. The van der Waals surface area contributed by atoms with Crippen LogP contribution in [0.5, 0.6) is 17.2 Å². The summed E-state index contributed by atoms with van der Waals surface area (Å²) in [5, 5.41) is 5.45. The molecular formula is C25H28ClN3O4. The van der Waals surface area contributed by atoms with Crippen LogP contribution in [0.25, 0.3) is 22.2 Å². The van der Waals surface area contributed by atoms with Gasteiger partial charge in [0, 0.05) is 34.1 Å². The largest absolute Gasteiger partial charge is 0.493 e. The highest BCUT2D eigenvalue weighted by Crippen LogP contribution is 2.46. The predicted octanol–water partition coefficient (Wildman–Crippen LogP) is 4.32. The molecular weight excluding hydrogens is 442 g/mol. The molecule has 7 nitrogen and oxygen atoms in total. The normalized spacial score (nSPS) is 13.8. The Bertz CT molecular complexity index is 1230. The second-order valence-corrected chi connectivity index (χ2v) is 7.84. The van der Waals surface area contributed by atoms with Crippen LogP contribution in [0.1, 0.15) is 18.1 Å². The highest BCUT2D eigenvalue weighted by atomic mass is 35.5. The minimum Gasteiger partial charge on any atom is -0.493 e. The average Bonchev–Trinajstić information content (AvgIpc) is 3.30. The Morgan fingerprint density at radius 2 is 1.79 bits per heavy atom. The third kappa shape index (κ3) is 4.58. The van der Waals surface area contributed by atoms with Crippen molar-refractivity contribution in [2.45, 2.75) is 13.0 Å². The zero-order chi connectivity index (χ0) is 22.8. The van der Waals surface area contributed by atoms with E-state index >= 15 is 0 Å². The first-order valence-electron chi connectivity index (χ1n) is 10.4. The van der Waals surface area contributed by atoms with Gasteiger partial charge < -0.3 is 28.9 Å². The fourth-order valence-corrected chi connectivity index (χ4v) is 3.73. The van der Waals surface area contributed by atoms with E-state index < -0.39 is 6.10 Å². The van der Waals surface area contributed by atoms with E-state index in [1.807, 2.05) is 44.4 Å². The van der Waals surface area contributed by atoms with Crippen LogP contribution in [0, 0.1) is 12.3 Å². The molecule has 8 heteroatoms. The van der Waals surface area contributed by atoms with Gasteiger partial charge in [-0.05, 0) is 51.4 Å². The molecule has 0 spiro atoms. The Hall–Kier alpha value is -3.34. The van der Waals surface area contributed by atoms with Gasteiger partial charge >= 0.3 is 0 Å². The molecule has 1 aliphatic rings. The van der Waals surface area contributed by atoms with E-state index in [-0.39, 0.29) is 12.4 Å². The third-order valence-corrected chi connectivity index (χ3v) is 5.40. The van der Waals surface area contributed by atoms with E-state index in [0.717, 1.165) is 45.6 Å². The minimum absolute atomic E-state index is 0. The molecule has 1 aliphatic carbocycles. The average molecular weight is 470 g/mol. The molecule has 2 aromatic carbocycles. The highest BCUT2D eigenvalue weighted by Gasteiger charge is 2.32. The van der Waals surface area contributed by atoms with E-state index in [4.69, 9.17) is 25.5 Å². The number of hydrogen-bond acceptors (Lipinski definition) is 6. The van der Waals surface area contributed by atoms with Crippen molar-refractivity contribution in [3.05, 3.63) is 41.5 Å². The molecule has 1 atom stereocenters. The predicted molar refractivity (Wildman–Crippen MR) is 133 cm³/mol. The number of hydrogen-bond donors (Lipinski definition) is 1. The van der Waals surface area contributed by atoms with Crippen molar-refractivity contribution in [1.29, 1.82) is 0 Å². The van der Waals surface area contributed by atoms with Crippen molar-refractivity contribution >= 4 is 29.0 Å². The van der Waals surface area contributed by atoms with E-state index in [9.17, 15) is 0 Å². The van der Waals surface area contributed by atoms with Crippen molar-refractivity contribution in [1.82, 2.24) is 9.88 Å². The Balaban J connectivity index is 0.00000306. The van der Waals surface area contributed by atoms with Crippen molar-refractivity contribution in [2.24, 2.45) is 5.16 Å². The number of oxime groups is 1. The zero-order valence-electron chi connectivity index (χ0n) is 19.4. The van der Waals surface area contributed by atoms with Crippen LogP contribution in [0.2, 0.25) is 0 Å². The summed E-state index contributed by atoms with van der Waals surface area (Å²) in [4.78, 5) is 11.2. The van der Waals surface area contributed by atoms with Crippen molar-refractivity contribution in [3.8, 4) is 40.8 Å². The summed E-state index contributed by atoms with van der Waals surface area (Å²) in [6.45, 7) is 3.21. The number of nitrogens with one attached hydrogen (secondary N) is 1. The van der Waals surface area contributed by atoms with Gasteiger partial charge in [0.25, 0.3) is 0 Å². The second-order valence-electron chi connectivity index (χ2n) is 7.84. The molecule has 0 unspecified atom stereocenters. The molecule has 0 fully saturated rings. The van der Waals surface area contributed by atoms with Gasteiger partial charge in [0.05, 0.1) is 19.9 Å². The molecule has 1 heterocycles. The van der Waals surface area contributed by atoms with Gasteiger partial charge in [0.1, 0.15) is 18.1 Å². The summed E-state index contributed by atoms with van der Waals surface area (Å²) < 4.78 is 17.0. The van der Waals surface area contributed by atoms with Crippen molar-refractivity contribution in [3.63, 3.8) is 0 Å². The quantitative estimate of drug-likeness (QED) is 0.307. The summed E-state index contributed by atoms with van der Waals surface area (Å²) in [5.74, 6) is 4.60. The first-order chi connectivity index (χ1) is 15.5. The van der Waals surface area contributed by atoms with Crippen LogP contribution in [-0.4, -0.2) is 63.2 Å². The Kier molecular flexibility index (Phi) is 7.42. The lowest BCUT2D eigenvalue weighted by atomic mass is 10.1. The number of rotatable bonds is 8. The van der Waals surface area contributed by atoms with Gasteiger partial charge in [0.2, 0.25) is 0 Å². The first-order valence-corrected chi connectivity index (χ1v) is 10.4. The van der Waals surface area contributed by atoms with E-state index in [0.29, 0.717) is 23.8 Å². The summed E-state index contributed by atoms with van der Waals surface area (Å²) in [7, 11) is 7.27. The lowest BCUT2D eigenvalue weighted by Crippen LogP contribution is -2.19. The van der Waals surface area contributed by atoms with Gasteiger partial charge in [-0.15, -0.1) is 18.8 Å². The van der Waals surface area contributed by atoms with E-state index in [1.165, 1.54) is 0 Å². The molecule has 0 saturated carbocycles. The van der Waals surface area contributed by atoms with Crippen LogP contribution in [0.3, 0.4) is 0 Å². The van der Waals surface area contributed by atoms with Gasteiger partial charge in [-0.3, -0.25) is 0 Å². The lowest BCUT2D eigenvalue weighted by molar-refractivity contribution is 0.113. The maximum atomic E-state index is 5.96. The van der Waals surface area contributed by atoms with Crippen molar-refractivity contribution in [2.75, 3.05) is 41.5 Å². The number of likely N-dealkylation sites (N-methyl/N-ethyl adjacent to an activating group) is 1. The molecule has 3 aromatic rings. The maximum Gasteiger partial charge on any atom is 0.184 e. The Morgan fingerprint density at radius 1 is 1.09 bits per heavy atom. The smallest absolute Gasteiger partial charge is 0.184 e. The van der Waals surface area contributed by atoms with Crippen molar-refractivity contribution < 1.29 is 19.0 Å². The number of terminal acetylenes is 1. The maximum absolute atomic E-state index is 5.96. The number of aromatic nitrogens is 1. The fourth-order valence-electron chi connectivity index (χ4n) is 3.73. The van der Waals surface area contributed by atoms with Crippen LogP contribution >= 0.6 is 12.4 Å². The summed E-state index contributed by atoms with van der Waals surface area (Å²) >= 11 is 0. The summed E-state index contributed by atoms with van der Waals surface area (Å²) in [6, 6.07) is 9.87. The molecule has 4 rings (SSSR count). The third-order valence-electron chi connectivity index (χ3n) is 5.40. The number of benzene rings is 2. The molecule has 174 valence electrons. The Labute approximate surface area is 200 Å². The number of methoxy groups -OCH3 is 2. The number of aromatic amines is 1. The standard InChI is InChI=1S/C25H27N3O4.ClH/c1-7-15(2)32-27-25-18-14-22(30-6)21(29-5)13-17(18)24-23(25)19-12-16(8-9-20(19)26-24)31-11-10-28(3)4;/h1,8-9,12-15,26H,10-11H2,2-6H3;1H/b27-25-;/t15-;/m1./s1. The first kappa shape index (κ1) is 24.3. The number of nitrogens with zero attached hydrogens (tertiary/aromatic N) is 2. The second kappa shape index (κ2) is 10.1. The van der Waals surface area contributed by atoms with Crippen LogP contribution in [0.4, 0.5) is 0 Å². The summed E-state index contributed by atoms with van der Waals surface area (Å²) in [6.07, 6.45) is 5.03. The fraction of sp³-hybridized carbons (Fsp3) is 0.320. The number of ether oxygens (including phenoxy) is 3. The molecule has 0 aliphatic heterocycles. The zero-order valence-corrected chi connectivity index (χ0v) is 20.2. The lowest BCUT2D eigenvalue weighted by Gasteiger charge is -2.12. The van der Waals surface area contributed by atoms with Gasteiger partial charge in [-0.1, -0.05) is 11.1 Å². The summed E-state index contributed by atoms with van der Waals surface area (Å²) in [5.41, 5.74) is 5.39. The van der Waals surface area contributed by atoms with Gasteiger partial charge in [-0.2, -0.15) is 0 Å². The Morgan fingerprint density at radius 3 is 2.42 bits per heavy atom. The number of fused-ring (bicyclic) bond motifs is 5. The molecule has 33 heavy (non-hydrogen) atoms.